The molecule has 0 fully saturated rings. The second-order valence-corrected chi connectivity index (χ2v) is 4.25. The quantitative estimate of drug-likeness (QED) is 0.762. The van der Waals surface area contributed by atoms with Crippen LogP contribution >= 0.6 is 0 Å². The molecule has 0 atom stereocenters. The molecule has 1 N–H and O–H groups in total. The van der Waals surface area contributed by atoms with Crippen molar-refractivity contribution in [2.24, 2.45) is 0 Å². The topological polar surface area (TPSA) is 55.0 Å². The Bertz CT molecular complexity index is 788. The van der Waals surface area contributed by atoms with E-state index < -0.39 is 0 Å². The van der Waals surface area contributed by atoms with Gasteiger partial charge in [0.05, 0.1) is 6.07 Å². The van der Waals surface area contributed by atoms with Crippen LogP contribution in [0.25, 0.3) is 10.8 Å². The number of ether oxygens (including phenoxy) is 1. The van der Waals surface area contributed by atoms with Gasteiger partial charge in [-0.1, -0.05) is 36.4 Å². The summed E-state index contributed by atoms with van der Waals surface area (Å²) in [5.74, 6) is 1.52. The molecule has 0 saturated heterocycles. The minimum absolute atomic E-state index is 0.220. The predicted octanol–water partition coefficient (Wildman–Crippen LogP) is 3.02. The van der Waals surface area contributed by atoms with Gasteiger partial charge in [-0.05, 0) is 18.4 Å². The molecule has 3 aromatic rings. The van der Waals surface area contributed by atoms with Crippen LogP contribution in [0, 0.1) is 6.92 Å². The van der Waals surface area contributed by atoms with Crippen molar-refractivity contribution in [3.63, 3.8) is 0 Å². The first-order valence-electron chi connectivity index (χ1n) is 5.96. The Kier molecular flexibility index (Phi) is 2.76. The van der Waals surface area contributed by atoms with Crippen LogP contribution in [-0.2, 0) is 0 Å². The van der Waals surface area contributed by atoms with E-state index in [2.05, 4.69) is 9.97 Å². The van der Waals surface area contributed by atoms with Gasteiger partial charge in [0.25, 0.3) is 5.56 Å². The fourth-order valence-electron chi connectivity index (χ4n) is 2.00. The summed E-state index contributed by atoms with van der Waals surface area (Å²) in [7, 11) is 0. The summed E-state index contributed by atoms with van der Waals surface area (Å²) in [6.45, 7) is 1.72. The van der Waals surface area contributed by atoms with Gasteiger partial charge in [-0.2, -0.15) is 0 Å². The fourth-order valence-corrected chi connectivity index (χ4v) is 2.00. The largest absolute Gasteiger partial charge is 0.438 e. The number of benzene rings is 2. The van der Waals surface area contributed by atoms with Crippen LogP contribution in [-0.4, -0.2) is 9.97 Å². The van der Waals surface area contributed by atoms with E-state index in [4.69, 9.17) is 4.74 Å². The van der Waals surface area contributed by atoms with Crippen molar-refractivity contribution in [3.8, 4) is 11.6 Å². The summed E-state index contributed by atoms with van der Waals surface area (Å²) in [4.78, 5) is 18.1. The average Bonchev–Trinajstić information content (AvgIpc) is 2.38. The minimum Gasteiger partial charge on any atom is -0.438 e. The molecule has 1 aromatic heterocycles. The maximum absolute atomic E-state index is 11.4. The van der Waals surface area contributed by atoms with E-state index in [1.54, 1.807) is 6.92 Å². The summed E-state index contributed by atoms with van der Waals surface area (Å²) in [6.07, 6.45) is 0. The lowest BCUT2D eigenvalue weighted by Gasteiger charge is -2.08. The van der Waals surface area contributed by atoms with E-state index in [1.807, 2.05) is 42.5 Å². The number of nitrogens with one attached hydrogen (secondary N) is 1. The Labute approximate surface area is 109 Å². The van der Waals surface area contributed by atoms with Gasteiger partial charge in [0.2, 0.25) is 5.88 Å². The lowest BCUT2D eigenvalue weighted by Crippen LogP contribution is -2.08. The van der Waals surface area contributed by atoms with Crippen LogP contribution in [0.1, 0.15) is 5.82 Å². The molecule has 3 rings (SSSR count). The van der Waals surface area contributed by atoms with E-state index in [0.717, 1.165) is 10.8 Å². The Morgan fingerprint density at radius 2 is 1.89 bits per heavy atom. The zero-order valence-corrected chi connectivity index (χ0v) is 10.4. The van der Waals surface area contributed by atoms with Crippen LogP contribution < -0.4 is 10.3 Å². The first-order chi connectivity index (χ1) is 9.22. The zero-order chi connectivity index (χ0) is 13.2. The first-order valence-corrected chi connectivity index (χ1v) is 5.96. The molecule has 4 nitrogen and oxygen atoms in total. The molecule has 0 radical (unpaired) electrons. The third kappa shape index (κ3) is 2.33. The maximum atomic E-state index is 11.4. The SMILES string of the molecule is Cc1nc(Oc2cccc3ccccc23)cc(=O)[nH]1. The number of aromatic amines is 1. The van der Waals surface area contributed by atoms with Crippen LogP contribution in [0.4, 0.5) is 0 Å². The minimum atomic E-state index is -0.220. The lowest BCUT2D eigenvalue weighted by molar-refractivity contribution is 0.464. The molecule has 0 aliphatic carbocycles. The van der Waals surface area contributed by atoms with Crippen molar-refractivity contribution in [1.82, 2.24) is 9.97 Å². The summed E-state index contributed by atoms with van der Waals surface area (Å²) < 4.78 is 5.72. The number of aryl methyl sites for hydroxylation is 1. The maximum Gasteiger partial charge on any atom is 0.254 e. The van der Waals surface area contributed by atoms with Crippen molar-refractivity contribution < 1.29 is 4.74 Å². The van der Waals surface area contributed by atoms with Crippen molar-refractivity contribution in [2.75, 3.05) is 0 Å². The van der Waals surface area contributed by atoms with E-state index in [-0.39, 0.29) is 5.56 Å². The van der Waals surface area contributed by atoms with E-state index in [0.29, 0.717) is 17.5 Å². The number of hydrogen-bond acceptors (Lipinski definition) is 3. The average molecular weight is 252 g/mol. The van der Waals surface area contributed by atoms with E-state index in [1.165, 1.54) is 6.07 Å². The molecule has 94 valence electrons. The third-order valence-electron chi connectivity index (χ3n) is 2.80. The Hall–Kier alpha value is -2.62. The number of nitrogens with zero attached hydrogens (tertiary/aromatic N) is 1. The number of H-pyrrole nitrogens is 1. The number of aromatic nitrogens is 2. The predicted molar refractivity (Wildman–Crippen MR) is 73.6 cm³/mol. The molecule has 2 aromatic carbocycles. The van der Waals surface area contributed by atoms with Crippen LogP contribution in [0.5, 0.6) is 11.6 Å². The monoisotopic (exact) mass is 252 g/mol. The molecule has 1 heterocycles. The summed E-state index contributed by atoms with van der Waals surface area (Å²) in [5.41, 5.74) is -0.220. The molecule has 0 saturated carbocycles. The fraction of sp³-hybridized carbons (Fsp3) is 0.0667. The Balaban J connectivity index is 2.08. The molecule has 0 unspecified atom stereocenters. The molecule has 19 heavy (non-hydrogen) atoms. The second-order valence-electron chi connectivity index (χ2n) is 4.25. The standard InChI is InChI=1S/C15H12N2O2/c1-10-16-14(18)9-15(17-10)19-13-8-4-6-11-5-2-3-7-12(11)13/h2-9H,1H3,(H,16,17,18). The van der Waals surface area contributed by atoms with Crippen molar-refractivity contribution in [2.45, 2.75) is 6.92 Å². The highest BCUT2D eigenvalue weighted by Crippen LogP contribution is 2.28. The Morgan fingerprint density at radius 1 is 1.11 bits per heavy atom. The summed E-state index contributed by atoms with van der Waals surface area (Å²) >= 11 is 0. The zero-order valence-electron chi connectivity index (χ0n) is 10.4. The highest BCUT2D eigenvalue weighted by atomic mass is 16.5. The highest BCUT2D eigenvalue weighted by Gasteiger charge is 2.05. The normalized spacial score (nSPS) is 10.6. The Morgan fingerprint density at radius 3 is 2.74 bits per heavy atom. The summed E-state index contributed by atoms with van der Waals surface area (Å²) in [6, 6.07) is 15.0. The van der Waals surface area contributed by atoms with Crippen LogP contribution in [0.3, 0.4) is 0 Å². The van der Waals surface area contributed by atoms with Gasteiger partial charge in [0.15, 0.2) is 0 Å². The van der Waals surface area contributed by atoms with Crippen LogP contribution in [0.2, 0.25) is 0 Å². The second kappa shape index (κ2) is 4.57. The van der Waals surface area contributed by atoms with Crippen LogP contribution in [0.15, 0.2) is 53.3 Å². The van der Waals surface area contributed by atoms with Gasteiger partial charge >= 0.3 is 0 Å². The highest BCUT2D eigenvalue weighted by molar-refractivity contribution is 5.88. The van der Waals surface area contributed by atoms with Gasteiger partial charge in [0.1, 0.15) is 11.6 Å². The van der Waals surface area contributed by atoms with E-state index >= 15 is 0 Å². The smallest absolute Gasteiger partial charge is 0.254 e. The van der Waals surface area contributed by atoms with E-state index in [9.17, 15) is 4.79 Å². The molecule has 4 heteroatoms. The molecule has 0 spiro atoms. The van der Waals surface area contributed by atoms with Gasteiger partial charge in [0, 0.05) is 5.39 Å². The van der Waals surface area contributed by atoms with Crippen molar-refractivity contribution >= 4 is 10.8 Å². The number of hydrogen-bond donors (Lipinski definition) is 1. The molecule has 0 aliphatic rings. The van der Waals surface area contributed by atoms with Gasteiger partial charge in [-0.15, -0.1) is 0 Å². The molecule has 0 amide bonds. The number of rotatable bonds is 2. The molecular formula is C15H12N2O2. The van der Waals surface area contributed by atoms with Crippen molar-refractivity contribution in [3.05, 3.63) is 64.7 Å². The van der Waals surface area contributed by atoms with Gasteiger partial charge < -0.3 is 9.72 Å². The van der Waals surface area contributed by atoms with Crippen molar-refractivity contribution in [1.29, 1.82) is 0 Å². The van der Waals surface area contributed by atoms with Gasteiger partial charge in [-0.25, -0.2) is 4.98 Å². The summed E-state index contributed by atoms with van der Waals surface area (Å²) in [5, 5.41) is 2.08. The molecular weight excluding hydrogens is 240 g/mol. The first kappa shape index (κ1) is 11.5. The molecule has 0 bridgehead atoms. The number of fused-ring (bicyclic) bond motifs is 1. The lowest BCUT2D eigenvalue weighted by atomic mass is 10.1. The third-order valence-corrected chi connectivity index (χ3v) is 2.80. The molecule has 0 aliphatic heterocycles. The van der Waals surface area contributed by atoms with Gasteiger partial charge in [-0.3, -0.25) is 4.79 Å².